The summed E-state index contributed by atoms with van der Waals surface area (Å²) in [5.41, 5.74) is 0.535. The third-order valence-electron chi connectivity index (χ3n) is 3.81. The Balaban J connectivity index is 1.68. The van der Waals surface area contributed by atoms with E-state index >= 15 is 0 Å². The molecule has 3 rings (SSSR count). The van der Waals surface area contributed by atoms with E-state index in [-0.39, 0.29) is 12.0 Å². The Morgan fingerprint density at radius 2 is 2.17 bits per heavy atom. The molecule has 1 aliphatic rings. The fourth-order valence-corrected chi connectivity index (χ4v) is 2.91. The van der Waals surface area contributed by atoms with Gasteiger partial charge in [0.1, 0.15) is 11.9 Å². The molecule has 1 saturated heterocycles. The number of aromatic nitrogens is 2. The molecule has 120 valence electrons. The van der Waals surface area contributed by atoms with Gasteiger partial charge in [0.15, 0.2) is 0 Å². The molecule has 1 fully saturated rings. The van der Waals surface area contributed by atoms with Gasteiger partial charge in [0, 0.05) is 18.8 Å². The van der Waals surface area contributed by atoms with Crippen molar-refractivity contribution in [3.8, 4) is 5.88 Å². The van der Waals surface area contributed by atoms with E-state index < -0.39 is 0 Å². The fourth-order valence-electron chi connectivity index (χ4n) is 2.69. The number of rotatable bonds is 3. The number of benzene rings is 1. The van der Waals surface area contributed by atoms with Gasteiger partial charge in [-0.3, -0.25) is 4.79 Å². The van der Waals surface area contributed by atoms with E-state index in [9.17, 15) is 4.79 Å². The number of hydrogen-bond acceptors (Lipinski definition) is 4. The van der Waals surface area contributed by atoms with Crippen molar-refractivity contribution in [2.75, 3.05) is 13.1 Å². The van der Waals surface area contributed by atoms with Crippen molar-refractivity contribution in [3.05, 3.63) is 52.9 Å². The minimum atomic E-state index is -0.0653. The average Bonchev–Trinajstić information content (AvgIpc) is 2.55. The molecule has 2 heterocycles. The Morgan fingerprint density at radius 1 is 1.35 bits per heavy atom. The normalized spacial score (nSPS) is 17.8. The second-order valence-electron chi connectivity index (χ2n) is 5.56. The number of carbonyl (C=O) groups is 1. The van der Waals surface area contributed by atoms with Crippen molar-refractivity contribution in [1.29, 1.82) is 0 Å². The summed E-state index contributed by atoms with van der Waals surface area (Å²) in [6.45, 7) is 3.07. The minimum absolute atomic E-state index is 0.0530. The van der Waals surface area contributed by atoms with E-state index in [0.29, 0.717) is 35.4 Å². The molecule has 0 unspecified atom stereocenters. The maximum Gasteiger partial charge on any atom is 0.255 e. The lowest BCUT2D eigenvalue weighted by atomic mass is 10.1. The Morgan fingerprint density at radius 3 is 2.96 bits per heavy atom. The highest BCUT2D eigenvalue weighted by molar-refractivity contribution is 6.33. The number of nitrogens with zero attached hydrogens (tertiary/aromatic N) is 3. The summed E-state index contributed by atoms with van der Waals surface area (Å²) in [7, 11) is 0. The van der Waals surface area contributed by atoms with Crippen molar-refractivity contribution in [3.63, 3.8) is 0 Å². The second kappa shape index (κ2) is 6.96. The van der Waals surface area contributed by atoms with Crippen LogP contribution in [0.4, 0.5) is 0 Å². The summed E-state index contributed by atoms with van der Waals surface area (Å²) in [5, 5.41) is 0.479. The van der Waals surface area contributed by atoms with Gasteiger partial charge in [-0.2, -0.15) is 4.98 Å². The van der Waals surface area contributed by atoms with Crippen LogP contribution in [0.5, 0.6) is 5.88 Å². The zero-order chi connectivity index (χ0) is 16.2. The summed E-state index contributed by atoms with van der Waals surface area (Å²) in [6.07, 6.45) is 3.40. The largest absolute Gasteiger partial charge is 0.472 e. The minimum Gasteiger partial charge on any atom is -0.472 e. The van der Waals surface area contributed by atoms with Crippen LogP contribution in [0, 0.1) is 6.92 Å². The summed E-state index contributed by atoms with van der Waals surface area (Å²) in [4.78, 5) is 22.7. The topological polar surface area (TPSA) is 55.3 Å². The maximum atomic E-state index is 12.6. The number of carbonyl (C=O) groups excluding carboxylic acids is 1. The van der Waals surface area contributed by atoms with E-state index in [1.165, 1.54) is 0 Å². The number of aryl methyl sites for hydroxylation is 1. The zero-order valence-electron chi connectivity index (χ0n) is 12.9. The predicted octanol–water partition coefficient (Wildman–Crippen LogP) is 3.12. The number of amides is 1. The third kappa shape index (κ3) is 3.79. The first-order valence-electron chi connectivity index (χ1n) is 7.63. The van der Waals surface area contributed by atoms with Crippen molar-refractivity contribution in [2.24, 2.45) is 0 Å². The van der Waals surface area contributed by atoms with Crippen molar-refractivity contribution in [2.45, 2.75) is 25.9 Å². The number of piperidine rings is 1. The van der Waals surface area contributed by atoms with Crippen LogP contribution in [0.25, 0.3) is 0 Å². The van der Waals surface area contributed by atoms with E-state index in [4.69, 9.17) is 16.3 Å². The molecule has 23 heavy (non-hydrogen) atoms. The molecule has 0 radical (unpaired) electrons. The first kappa shape index (κ1) is 15.7. The summed E-state index contributed by atoms with van der Waals surface area (Å²) < 4.78 is 5.90. The van der Waals surface area contributed by atoms with Gasteiger partial charge in [0.25, 0.3) is 5.91 Å². The molecule has 1 atom stereocenters. The lowest BCUT2D eigenvalue weighted by Gasteiger charge is -2.32. The Labute approximate surface area is 140 Å². The quantitative estimate of drug-likeness (QED) is 0.867. The molecule has 1 aromatic carbocycles. The summed E-state index contributed by atoms with van der Waals surface area (Å²) in [6, 6.07) is 8.86. The standard InChI is InChI=1S/C17H18ClN3O2/c1-12-19-9-8-16(20-12)23-13-5-4-10-21(11-13)17(22)14-6-2-3-7-15(14)18/h2-3,6-9,13H,4-5,10-11H2,1H3/t13-/m0/s1. The van der Waals surface area contributed by atoms with E-state index in [2.05, 4.69) is 9.97 Å². The lowest BCUT2D eigenvalue weighted by Crippen LogP contribution is -2.44. The molecule has 6 heteroatoms. The van der Waals surface area contributed by atoms with Crippen LogP contribution < -0.4 is 4.74 Å². The molecule has 0 spiro atoms. The molecule has 5 nitrogen and oxygen atoms in total. The third-order valence-corrected chi connectivity index (χ3v) is 4.14. The van der Waals surface area contributed by atoms with Crippen LogP contribution in [0.3, 0.4) is 0 Å². The first-order valence-corrected chi connectivity index (χ1v) is 8.01. The average molecular weight is 332 g/mol. The highest BCUT2D eigenvalue weighted by Crippen LogP contribution is 2.21. The van der Waals surface area contributed by atoms with Crippen LogP contribution in [0.2, 0.25) is 5.02 Å². The number of ether oxygens (including phenoxy) is 1. The van der Waals surface area contributed by atoms with Crippen molar-refractivity contribution >= 4 is 17.5 Å². The van der Waals surface area contributed by atoms with E-state index in [1.54, 1.807) is 29.3 Å². The Kier molecular flexibility index (Phi) is 4.76. The van der Waals surface area contributed by atoms with E-state index in [0.717, 1.165) is 12.8 Å². The molecule has 0 aliphatic carbocycles. The molecule has 0 saturated carbocycles. The number of hydrogen-bond donors (Lipinski definition) is 0. The van der Waals surface area contributed by atoms with Gasteiger partial charge in [-0.25, -0.2) is 4.98 Å². The highest BCUT2D eigenvalue weighted by Gasteiger charge is 2.26. The monoisotopic (exact) mass is 331 g/mol. The molecular weight excluding hydrogens is 314 g/mol. The lowest BCUT2D eigenvalue weighted by molar-refractivity contribution is 0.0527. The smallest absolute Gasteiger partial charge is 0.255 e. The van der Waals surface area contributed by atoms with Gasteiger partial charge in [0.2, 0.25) is 5.88 Å². The first-order chi connectivity index (χ1) is 11.1. The van der Waals surface area contributed by atoms with Crippen LogP contribution in [-0.4, -0.2) is 40.0 Å². The summed E-state index contributed by atoms with van der Waals surface area (Å²) >= 11 is 6.13. The SMILES string of the molecule is Cc1nccc(O[C@H]2CCCN(C(=O)c3ccccc3Cl)C2)n1. The zero-order valence-corrected chi connectivity index (χ0v) is 13.7. The van der Waals surface area contributed by atoms with Gasteiger partial charge < -0.3 is 9.64 Å². The van der Waals surface area contributed by atoms with Gasteiger partial charge >= 0.3 is 0 Å². The number of halogens is 1. The Hall–Kier alpha value is -2.14. The molecule has 2 aromatic rings. The van der Waals surface area contributed by atoms with Gasteiger partial charge in [-0.1, -0.05) is 23.7 Å². The molecular formula is C17H18ClN3O2. The fraction of sp³-hybridized carbons (Fsp3) is 0.353. The van der Waals surface area contributed by atoms with Gasteiger partial charge in [-0.15, -0.1) is 0 Å². The van der Waals surface area contributed by atoms with Crippen LogP contribution >= 0.6 is 11.6 Å². The van der Waals surface area contributed by atoms with Crippen LogP contribution in [0.1, 0.15) is 29.0 Å². The van der Waals surface area contributed by atoms with E-state index in [1.807, 2.05) is 19.1 Å². The molecule has 1 aliphatic heterocycles. The molecule has 0 bridgehead atoms. The number of likely N-dealkylation sites (tertiary alicyclic amines) is 1. The molecule has 1 aromatic heterocycles. The Bertz CT molecular complexity index is 708. The van der Waals surface area contributed by atoms with Crippen molar-refractivity contribution < 1.29 is 9.53 Å². The van der Waals surface area contributed by atoms with Gasteiger partial charge in [0.05, 0.1) is 17.1 Å². The van der Waals surface area contributed by atoms with Gasteiger partial charge in [-0.05, 0) is 31.9 Å². The van der Waals surface area contributed by atoms with Crippen molar-refractivity contribution in [1.82, 2.24) is 14.9 Å². The highest BCUT2D eigenvalue weighted by atomic mass is 35.5. The predicted molar refractivity (Wildman–Crippen MR) is 87.8 cm³/mol. The molecule has 1 amide bonds. The summed E-state index contributed by atoms with van der Waals surface area (Å²) in [5.74, 6) is 1.17. The maximum absolute atomic E-state index is 12.6. The van der Waals surface area contributed by atoms with Crippen LogP contribution in [0.15, 0.2) is 36.5 Å². The second-order valence-corrected chi connectivity index (χ2v) is 5.96. The van der Waals surface area contributed by atoms with Crippen LogP contribution in [-0.2, 0) is 0 Å². The molecule has 0 N–H and O–H groups in total.